The van der Waals surface area contributed by atoms with Crippen molar-refractivity contribution in [3.63, 3.8) is 0 Å². The van der Waals surface area contributed by atoms with Crippen LogP contribution in [0, 0.1) is 30.5 Å². The van der Waals surface area contributed by atoms with Crippen LogP contribution in [0.3, 0.4) is 0 Å². The van der Waals surface area contributed by atoms with Crippen molar-refractivity contribution in [2.45, 2.75) is 12.7 Å². The molecule has 0 saturated carbocycles. The van der Waals surface area contributed by atoms with Crippen molar-refractivity contribution in [2.24, 2.45) is 0 Å². The largest absolute Gasteiger partial charge is 0.389 e. The molecule has 0 radical (unpaired) electrons. The van der Waals surface area contributed by atoms with Crippen LogP contribution in [0.1, 0.15) is 5.56 Å². The molecule has 1 aromatic carbocycles. The van der Waals surface area contributed by atoms with Gasteiger partial charge in [0.2, 0.25) is 0 Å². The van der Waals surface area contributed by atoms with Gasteiger partial charge >= 0.3 is 0 Å². The van der Waals surface area contributed by atoms with Gasteiger partial charge in [0.25, 0.3) is 0 Å². The summed E-state index contributed by atoms with van der Waals surface area (Å²) >= 11 is 0. The lowest BCUT2D eigenvalue weighted by Gasteiger charge is -2.20. The number of aliphatic hydroxyl groups excluding tert-OH is 1. The number of ether oxygens (including phenoxy) is 1. The molecule has 0 saturated heterocycles. The van der Waals surface area contributed by atoms with Gasteiger partial charge in [-0.2, -0.15) is 0 Å². The molecule has 0 amide bonds. The van der Waals surface area contributed by atoms with Gasteiger partial charge in [-0.15, -0.1) is 12.8 Å². The van der Waals surface area contributed by atoms with E-state index in [4.69, 9.17) is 17.6 Å². The molecule has 1 rings (SSSR count). The number of nitrogens with zero attached hydrogens (tertiary/aromatic N) is 1. The normalized spacial score (nSPS) is 11.8. The quantitative estimate of drug-likeness (QED) is 0.725. The molecule has 0 aliphatic heterocycles. The maximum absolute atomic E-state index is 13.3. The first kappa shape index (κ1) is 16.2. The molecular weight excluding hydrogens is 257 g/mol. The Morgan fingerprint density at radius 1 is 1.25 bits per heavy atom. The Morgan fingerprint density at radius 2 is 1.90 bits per heavy atom. The van der Waals surface area contributed by atoms with E-state index in [1.165, 1.54) is 6.07 Å². The van der Waals surface area contributed by atoms with Crippen LogP contribution >= 0.6 is 0 Å². The zero-order chi connectivity index (χ0) is 14.8. The summed E-state index contributed by atoms with van der Waals surface area (Å²) in [5, 5.41) is 9.82. The summed E-state index contributed by atoms with van der Waals surface area (Å²) in [6.45, 7) is 1.28. The highest BCUT2D eigenvalue weighted by Crippen LogP contribution is 2.07. The number of hydrogen-bond acceptors (Lipinski definition) is 3. The minimum absolute atomic E-state index is 0.0972. The molecule has 0 aliphatic carbocycles. The molecular formula is C16H18FNO2. The molecule has 106 valence electrons. The summed E-state index contributed by atoms with van der Waals surface area (Å²) in [7, 11) is 0. The van der Waals surface area contributed by atoms with Gasteiger partial charge in [-0.05, 0) is 6.07 Å². The lowest BCUT2D eigenvalue weighted by atomic mass is 10.2. The molecule has 1 aromatic rings. The second-order valence-corrected chi connectivity index (χ2v) is 4.34. The van der Waals surface area contributed by atoms with Crippen molar-refractivity contribution in [1.29, 1.82) is 0 Å². The van der Waals surface area contributed by atoms with Gasteiger partial charge in [0.05, 0.1) is 32.4 Å². The molecule has 0 aliphatic rings. The Morgan fingerprint density at radius 3 is 2.50 bits per heavy atom. The first-order valence-corrected chi connectivity index (χ1v) is 6.26. The summed E-state index contributed by atoms with van der Waals surface area (Å²) in [6, 6.07) is 6.37. The number of terminal acetylenes is 2. The Hall–Kier alpha value is -1.85. The summed E-state index contributed by atoms with van der Waals surface area (Å²) in [4.78, 5) is 1.76. The van der Waals surface area contributed by atoms with E-state index in [1.54, 1.807) is 23.1 Å². The van der Waals surface area contributed by atoms with E-state index in [2.05, 4.69) is 11.8 Å². The smallest absolute Gasteiger partial charge is 0.128 e. The fraction of sp³-hybridized carbons (Fsp3) is 0.375. The highest BCUT2D eigenvalue weighted by atomic mass is 19.1. The summed E-state index contributed by atoms with van der Waals surface area (Å²) in [5.74, 6) is 4.64. The molecule has 3 nitrogen and oxygen atoms in total. The minimum atomic E-state index is -0.719. The molecule has 1 N–H and O–H groups in total. The SMILES string of the molecule is C#CCN(CC#C)CC(O)COCc1ccccc1F. The predicted octanol–water partition coefficient (Wildman–Crippen LogP) is 1.27. The standard InChI is InChI=1S/C16H18FNO2/c1-3-9-18(10-4-2)11-15(19)13-20-12-14-7-5-6-8-16(14)17/h1-2,5-8,15,19H,9-13H2. The maximum atomic E-state index is 13.3. The lowest BCUT2D eigenvalue weighted by Crippen LogP contribution is -2.35. The predicted molar refractivity (Wildman–Crippen MR) is 76.2 cm³/mol. The molecule has 0 aromatic heterocycles. The van der Waals surface area contributed by atoms with Crippen molar-refractivity contribution in [1.82, 2.24) is 4.90 Å². The molecule has 20 heavy (non-hydrogen) atoms. The zero-order valence-corrected chi connectivity index (χ0v) is 11.3. The van der Waals surface area contributed by atoms with Crippen molar-refractivity contribution < 1.29 is 14.2 Å². The Balaban J connectivity index is 2.33. The van der Waals surface area contributed by atoms with Crippen LogP contribution in [0.5, 0.6) is 0 Å². The molecule has 0 fully saturated rings. The van der Waals surface area contributed by atoms with E-state index in [0.717, 1.165) is 0 Å². The van der Waals surface area contributed by atoms with E-state index in [9.17, 15) is 9.50 Å². The third-order valence-corrected chi connectivity index (χ3v) is 2.62. The molecule has 1 atom stereocenters. The summed E-state index contributed by atoms with van der Waals surface area (Å²) in [6.07, 6.45) is 9.71. The first-order valence-electron chi connectivity index (χ1n) is 6.26. The van der Waals surface area contributed by atoms with Crippen LogP contribution in [0.25, 0.3) is 0 Å². The topological polar surface area (TPSA) is 32.7 Å². The van der Waals surface area contributed by atoms with Crippen LogP contribution in [0.2, 0.25) is 0 Å². The Bertz CT molecular complexity index is 474. The third kappa shape index (κ3) is 5.86. The third-order valence-electron chi connectivity index (χ3n) is 2.62. The van der Waals surface area contributed by atoms with Gasteiger partial charge in [-0.3, -0.25) is 4.90 Å². The number of hydrogen-bond donors (Lipinski definition) is 1. The maximum Gasteiger partial charge on any atom is 0.128 e. The van der Waals surface area contributed by atoms with Crippen LogP contribution < -0.4 is 0 Å². The van der Waals surface area contributed by atoms with Crippen LogP contribution in [-0.2, 0) is 11.3 Å². The molecule has 1 unspecified atom stereocenters. The highest BCUT2D eigenvalue weighted by Gasteiger charge is 2.11. The fourth-order valence-electron chi connectivity index (χ4n) is 1.71. The van der Waals surface area contributed by atoms with Gasteiger partial charge in [0.15, 0.2) is 0 Å². The van der Waals surface area contributed by atoms with Gasteiger partial charge in [0.1, 0.15) is 5.82 Å². The fourth-order valence-corrected chi connectivity index (χ4v) is 1.71. The molecule has 0 bridgehead atoms. The van der Waals surface area contributed by atoms with Crippen LogP contribution in [0.15, 0.2) is 24.3 Å². The van der Waals surface area contributed by atoms with Gasteiger partial charge in [-0.1, -0.05) is 30.0 Å². The number of aliphatic hydroxyl groups is 1. The average Bonchev–Trinajstić information content (AvgIpc) is 2.41. The van der Waals surface area contributed by atoms with Gasteiger partial charge < -0.3 is 9.84 Å². The lowest BCUT2D eigenvalue weighted by molar-refractivity contribution is 0.0129. The van der Waals surface area contributed by atoms with Crippen molar-refractivity contribution >= 4 is 0 Å². The average molecular weight is 275 g/mol. The van der Waals surface area contributed by atoms with Crippen LogP contribution in [-0.4, -0.2) is 42.4 Å². The van der Waals surface area contributed by atoms with E-state index in [0.29, 0.717) is 25.2 Å². The molecule has 0 spiro atoms. The number of benzene rings is 1. The zero-order valence-electron chi connectivity index (χ0n) is 11.3. The van der Waals surface area contributed by atoms with Crippen LogP contribution in [0.4, 0.5) is 4.39 Å². The second kappa shape index (κ2) is 9.12. The Labute approximate surface area is 119 Å². The number of rotatable bonds is 8. The van der Waals surface area contributed by atoms with Crippen molar-refractivity contribution in [3.05, 3.63) is 35.6 Å². The number of halogens is 1. The van der Waals surface area contributed by atoms with E-state index < -0.39 is 6.10 Å². The summed E-state index contributed by atoms with van der Waals surface area (Å²) in [5.41, 5.74) is 0.462. The van der Waals surface area contributed by atoms with E-state index in [1.807, 2.05) is 0 Å². The van der Waals surface area contributed by atoms with E-state index >= 15 is 0 Å². The van der Waals surface area contributed by atoms with Gasteiger partial charge in [-0.25, -0.2) is 4.39 Å². The monoisotopic (exact) mass is 275 g/mol. The molecule has 0 heterocycles. The van der Waals surface area contributed by atoms with Crippen molar-refractivity contribution in [2.75, 3.05) is 26.2 Å². The Kier molecular flexibility index (Phi) is 7.39. The summed E-state index contributed by atoms with van der Waals surface area (Å²) < 4.78 is 18.6. The van der Waals surface area contributed by atoms with E-state index in [-0.39, 0.29) is 19.0 Å². The minimum Gasteiger partial charge on any atom is -0.389 e. The van der Waals surface area contributed by atoms with Crippen molar-refractivity contribution in [3.8, 4) is 24.7 Å². The first-order chi connectivity index (χ1) is 9.67. The van der Waals surface area contributed by atoms with Gasteiger partial charge in [0, 0.05) is 12.1 Å². The second-order valence-electron chi connectivity index (χ2n) is 4.34. The molecule has 4 heteroatoms. The highest BCUT2D eigenvalue weighted by molar-refractivity contribution is 5.16.